The molecule has 17 heavy (non-hydrogen) atoms. The smallest absolute Gasteiger partial charge is 0.0540 e. The van der Waals surface area contributed by atoms with Crippen LogP contribution in [-0.2, 0) is 13.0 Å². The van der Waals surface area contributed by atoms with Crippen molar-refractivity contribution < 1.29 is 0 Å². The molecule has 1 atom stereocenters. The molecule has 0 spiro atoms. The predicted octanol–water partition coefficient (Wildman–Crippen LogP) is 1.90. The van der Waals surface area contributed by atoms with Crippen LogP contribution in [0.25, 0.3) is 0 Å². The highest BCUT2D eigenvalue weighted by molar-refractivity contribution is 5.29. The molecule has 4 nitrogen and oxygen atoms in total. The van der Waals surface area contributed by atoms with E-state index < -0.39 is 0 Å². The van der Waals surface area contributed by atoms with E-state index in [1.165, 1.54) is 23.2 Å². The summed E-state index contributed by atoms with van der Waals surface area (Å²) in [6.07, 6.45) is 7.52. The van der Waals surface area contributed by atoms with Crippen LogP contribution in [0.4, 0.5) is 0 Å². The summed E-state index contributed by atoms with van der Waals surface area (Å²) in [7, 11) is 0. The third kappa shape index (κ3) is 1.78. The van der Waals surface area contributed by atoms with Gasteiger partial charge in [-0.1, -0.05) is 0 Å². The molecule has 1 aliphatic carbocycles. The first-order valence-electron chi connectivity index (χ1n) is 6.18. The zero-order chi connectivity index (χ0) is 11.8. The van der Waals surface area contributed by atoms with Crippen LogP contribution in [0.2, 0.25) is 0 Å². The molecule has 3 N–H and O–H groups in total. The number of hydrogen-bond donors (Lipinski definition) is 2. The van der Waals surface area contributed by atoms with Gasteiger partial charge in [-0.2, -0.15) is 5.10 Å². The Balaban J connectivity index is 1.92. The fourth-order valence-electron chi connectivity index (χ4n) is 2.66. The molecule has 2 aromatic heterocycles. The summed E-state index contributed by atoms with van der Waals surface area (Å²) in [5.74, 6) is 0. The van der Waals surface area contributed by atoms with Gasteiger partial charge in [0.1, 0.15) is 0 Å². The quantitative estimate of drug-likeness (QED) is 0.827. The van der Waals surface area contributed by atoms with Crippen molar-refractivity contribution in [2.75, 3.05) is 0 Å². The minimum atomic E-state index is 0.227. The van der Waals surface area contributed by atoms with Gasteiger partial charge in [0.05, 0.1) is 12.7 Å². The minimum Gasteiger partial charge on any atom is -0.347 e. The van der Waals surface area contributed by atoms with Crippen LogP contribution in [0.15, 0.2) is 18.5 Å². The Hall–Kier alpha value is -1.55. The van der Waals surface area contributed by atoms with Crippen molar-refractivity contribution in [2.45, 2.75) is 38.8 Å². The molecular formula is C13H18N4. The average molecular weight is 230 g/mol. The van der Waals surface area contributed by atoms with Crippen molar-refractivity contribution in [3.8, 4) is 0 Å². The van der Waals surface area contributed by atoms with Gasteiger partial charge in [-0.25, -0.2) is 0 Å². The third-order valence-corrected chi connectivity index (χ3v) is 3.72. The zero-order valence-electron chi connectivity index (χ0n) is 10.1. The van der Waals surface area contributed by atoms with E-state index in [0.717, 1.165) is 25.1 Å². The average Bonchev–Trinajstić information content (AvgIpc) is 2.89. The van der Waals surface area contributed by atoms with Crippen molar-refractivity contribution in [2.24, 2.45) is 5.73 Å². The largest absolute Gasteiger partial charge is 0.347 e. The van der Waals surface area contributed by atoms with Crippen LogP contribution < -0.4 is 5.73 Å². The number of nitrogens with zero attached hydrogens (tertiary/aromatic N) is 2. The van der Waals surface area contributed by atoms with Gasteiger partial charge in [0.2, 0.25) is 0 Å². The van der Waals surface area contributed by atoms with Crippen LogP contribution in [-0.4, -0.2) is 14.8 Å². The Bertz CT molecular complexity index is 523. The molecule has 1 unspecified atom stereocenters. The topological polar surface area (TPSA) is 59.6 Å². The second kappa shape index (κ2) is 4.04. The van der Waals surface area contributed by atoms with Crippen LogP contribution in [0.5, 0.6) is 0 Å². The van der Waals surface area contributed by atoms with Crippen molar-refractivity contribution in [3.05, 3.63) is 41.0 Å². The molecule has 1 aliphatic rings. The Morgan fingerprint density at radius 2 is 2.47 bits per heavy atom. The maximum Gasteiger partial charge on any atom is 0.0540 e. The molecule has 90 valence electrons. The maximum absolute atomic E-state index is 6.13. The highest BCUT2D eigenvalue weighted by atomic mass is 15.1. The summed E-state index contributed by atoms with van der Waals surface area (Å²) in [5, 5.41) is 7.05. The summed E-state index contributed by atoms with van der Waals surface area (Å²) in [5.41, 5.74) is 11.3. The first-order chi connectivity index (χ1) is 8.25. The normalized spacial score (nSPS) is 19.3. The summed E-state index contributed by atoms with van der Waals surface area (Å²) < 4.78 is 2.31. The van der Waals surface area contributed by atoms with Gasteiger partial charge in [0, 0.05) is 29.2 Å². The fraction of sp³-hybridized carbons (Fsp3) is 0.462. The van der Waals surface area contributed by atoms with Crippen LogP contribution in [0.1, 0.15) is 41.4 Å². The molecule has 2 heterocycles. The van der Waals surface area contributed by atoms with Gasteiger partial charge in [-0.05, 0) is 37.8 Å². The van der Waals surface area contributed by atoms with Crippen LogP contribution >= 0.6 is 0 Å². The maximum atomic E-state index is 6.13. The van der Waals surface area contributed by atoms with Gasteiger partial charge >= 0.3 is 0 Å². The van der Waals surface area contributed by atoms with Gasteiger partial charge < -0.3 is 10.3 Å². The monoisotopic (exact) mass is 230 g/mol. The molecule has 3 rings (SSSR count). The van der Waals surface area contributed by atoms with E-state index >= 15 is 0 Å². The molecule has 0 bridgehead atoms. The summed E-state index contributed by atoms with van der Waals surface area (Å²) in [6.45, 7) is 2.95. The molecule has 0 saturated carbocycles. The standard InChI is InChI=1S/C13H18N4/c1-9-10(7-15-16-9)8-17-6-5-11-12(14)3-2-4-13(11)17/h5-7,12H,2-4,8,14H2,1H3,(H,15,16). The number of H-pyrrole nitrogens is 1. The van der Waals surface area contributed by atoms with Crippen molar-refractivity contribution in [1.82, 2.24) is 14.8 Å². The highest BCUT2D eigenvalue weighted by Gasteiger charge is 2.20. The SMILES string of the molecule is Cc1[nH]ncc1Cn1ccc2c1CCCC2N. The second-order valence-electron chi connectivity index (χ2n) is 4.86. The molecule has 0 radical (unpaired) electrons. The number of aryl methyl sites for hydroxylation is 1. The lowest BCUT2D eigenvalue weighted by Crippen LogP contribution is -2.18. The molecule has 0 saturated heterocycles. The number of aromatic amines is 1. The Morgan fingerprint density at radius 3 is 3.24 bits per heavy atom. The number of hydrogen-bond acceptors (Lipinski definition) is 2. The molecular weight excluding hydrogens is 212 g/mol. The molecule has 2 aromatic rings. The second-order valence-corrected chi connectivity index (χ2v) is 4.86. The summed E-state index contributed by atoms with van der Waals surface area (Å²) in [6, 6.07) is 2.40. The Kier molecular flexibility index (Phi) is 2.52. The molecule has 4 heteroatoms. The lowest BCUT2D eigenvalue weighted by molar-refractivity contribution is 0.548. The van der Waals surface area contributed by atoms with Crippen LogP contribution in [0.3, 0.4) is 0 Å². The first kappa shape index (κ1) is 10.6. The van der Waals surface area contributed by atoms with Crippen molar-refractivity contribution >= 4 is 0 Å². The van der Waals surface area contributed by atoms with Gasteiger partial charge in [-0.15, -0.1) is 0 Å². The summed E-state index contributed by atoms with van der Waals surface area (Å²) in [4.78, 5) is 0. The number of rotatable bonds is 2. The van der Waals surface area contributed by atoms with Gasteiger partial charge in [0.15, 0.2) is 0 Å². The number of aromatic nitrogens is 3. The van der Waals surface area contributed by atoms with E-state index in [-0.39, 0.29) is 6.04 Å². The molecule has 0 amide bonds. The predicted molar refractivity (Wildman–Crippen MR) is 66.7 cm³/mol. The number of fused-ring (bicyclic) bond motifs is 1. The summed E-state index contributed by atoms with van der Waals surface area (Å²) >= 11 is 0. The van der Waals surface area contributed by atoms with E-state index in [1.807, 2.05) is 6.20 Å². The molecule has 0 aromatic carbocycles. The zero-order valence-corrected chi connectivity index (χ0v) is 10.1. The van der Waals surface area contributed by atoms with E-state index in [4.69, 9.17) is 5.73 Å². The van der Waals surface area contributed by atoms with Gasteiger partial charge in [-0.3, -0.25) is 5.10 Å². The molecule has 0 aliphatic heterocycles. The van der Waals surface area contributed by atoms with Crippen molar-refractivity contribution in [1.29, 1.82) is 0 Å². The van der Waals surface area contributed by atoms with E-state index in [2.05, 4.69) is 34.0 Å². The lowest BCUT2D eigenvalue weighted by atomic mass is 9.93. The van der Waals surface area contributed by atoms with E-state index in [9.17, 15) is 0 Å². The van der Waals surface area contributed by atoms with E-state index in [0.29, 0.717) is 0 Å². The number of nitrogens with two attached hydrogens (primary N) is 1. The third-order valence-electron chi connectivity index (χ3n) is 3.72. The minimum absolute atomic E-state index is 0.227. The van der Waals surface area contributed by atoms with Gasteiger partial charge in [0.25, 0.3) is 0 Å². The fourth-order valence-corrected chi connectivity index (χ4v) is 2.66. The Morgan fingerprint density at radius 1 is 1.59 bits per heavy atom. The van der Waals surface area contributed by atoms with Crippen LogP contribution in [0, 0.1) is 6.92 Å². The lowest BCUT2D eigenvalue weighted by Gasteiger charge is -2.20. The first-order valence-corrected chi connectivity index (χ1v) is 6.18. The Labute approximate surface area is 101 Å². The number of nitrogens with one attached hydrogen (secondary N) is 1. The van der Waals surface area contributed by atoms with E-state index in [1.54, 1.807) is 0 Å². The molecule has 0 fully saturated rings. The van der Waals surface area contributed by atoms with Crippen molar-refractivity contribution in [3.63, 3.8) is 0 Å². The highest BCUT2D eigenvalue weighted by Crippen LogP contribution is 2.29.